The Bertz CT molecular complexity index is 1280. The molecular formula is C24H22ClFN6O. The number of carbonyl (C=O) groups excluding carboxylic acids is 1. The number of aromatic nitrogens is 4. The molecule has 0 spiro atoms. The van der Waals surface area contributed by atoms with Gasteiger partial charge in [-0.15, -0.1) is 15.3 Å². The summed E-state index contributed by atoms with van der Waals surface area (Å²) >= 11 is 6.00. The second kappa shape index (κ2) is 9.15. The lowest BCUT2D eigenvalue weighted by Crippen LogP contribution is -2.40. The van der Waals surface area contributed by atoms with Crippen LogP contribution in [-0.2, 0) is 11.3 Å². The molecule has 0 atom stereocenters. The van der Waals surface area contributed by atoms with Crippen LogP contribution in [0.5, 0.6) is 0 Å². The van der Waals surface area contributed by atoms with Gasteiger partial charge in [0.1, 0.15) is 11.6 Å². The van der Waals surface area contributed by atoms with E-state index < -0.39 is 0 Å². The zero-order valence-electron chi connectivity index (χ0n) is 17.8. The molecule has 1 fully saturated rings. The molecule has 0 bridgehead atoms. The number of hydrogen-bond acceptors (Lipinski definition) is 5. The van der Waals surface area contributed by atoms with Crippen LogP contribution in [0.1, 0.15) is 18.4 Å². The first-order valence-corrected chi connectivity index (χ1v) is 11.2. The fourth-order valence-electron chi connectivity index (χ4n) is 4.07. The molecule has 1 aliphatic rings. The van der Waals surface area contributed by atoms with E-state index in [0.29, 0.717) is 48.0 Å². The molecule has 1 aliphatic heterocycles. The highest BCUT2D eigenvalue weighted by Crippen LogP contribution is 2.25. The molecule has 4 aromatic rings. The topological polar surface area (TPSA) is 75.4 Å². The van der Waals surface area contributed by atoms with Crippen LogP contribution in [0.4, 0.5) is 10.2 Å². The van der Waals surface area contributed by atoms with Gasteiger partial charge >= 0.3 is 0 Å². The fraction of sp³-hybridized carbons (Fsp3) is 0.250. The summed E-state index contributed by atoms with van der Waals surface area (Å²) in [4.78, 5) is 14.8. The second-order valence-electron chi connectivity index (χ2n) is 8.06. The van der Waals surface area contributed by atoms with Crippen LogP contribution >= 0.6 is 11.6 Å². The summed E-state index contributed by atoms with van der Waals surface area (Å²) < 4.78 is 15.5. The van der Waals surface area contributed by atoms with Gasteiger partial charge in [-0.3, -0.25) is 4.79 Å². The van der Waals surface area contributed by atoms with Crippen LogP contribution in [0.25, 0.3) is 17.0 Å². The summed E-state index contributed by atoms with van der Waals surface area (Å²) in [6.07, 6.45) is 1.41. The highest BCUT2D eigenvalue weighted by molar-refractivity contribution is 6.30. The lowest BCUT2D eigenvalue weighted by atomic mass is 9.96. The van der Waals surface area contributed by atoms with Crippen molar-refractivity contribution in [1.29, 1.82) is 0 Å². The number of halogens is 2. The molecule has 0 radical (unpaired) electrons. The van der Waals surface area contributed by atoms with Gasteiger partial charge in [0, 0.05) is 41.7 Å². The molecular weight excluding hydrogens is 443 g/mol. The number of benzene rings is 2. The third kappa shape index (κ3) is 4.52. The lowest BCUT2D eigenvalue weighted by Gasteiger charge is -2.32. The Balaban J connectivity index is 1.24. The van der Waals surface area contributed by atoms with Gasteiger partial charge in [-0.05, 0) is 55.3 Å². The Morgan fingerprint density at radius 2 is 1.79 bits per heavy atom. The van der Waals surface area contributed by atoms with Gasteiger partial charge in [-0.2, -0.15) is 4.52 Å². The normalized spacial score (nSPS) is 14.5. The van der Waals surface area contributed by atoms with Crippen LogP contribution in [-0.4, -0.2) is 38.8 Å². The maximum absolute atomic E-state index is 13.8. The Morgan fingerprint density at radius 3 is 2.55 bits per heavy atom. The van der Waals surface area contributed by atoms with E-state index in [2.05, 4.69) is 20.4 Å². The average Bonchev–Trinajstić information content (AvgIpc) is 3.27. The number of fused-ring (bicyclic) bond motifs is 1. The molecule has 5 rings (SSSR count). The van der Waals surface area contributed by atoms with Gasteiger partial charge < -0.3 is 10.2 Å². The summed E-state index contributed by atoms with van der Waals surface area (Å²) in [6.45, 7) is 1.61. The summed E-state index contributed by atoms with van der Waals surface area (Å²) in [5, 5.41) is 16.8. The van der Waals surface area contributed by atoms with E-state index >= 15 is 0 Å². The summed E-state index contributed by atoms with van der Waals surface area (Å²) in [7, 11) is 0. The summed E-state index contributed by atoms with van der Waals surface area (Å²) in [5.74, 6) is 1.01. The molecule has 0 saturated carbocycles. The van der Waals surface area contributed by atoms with Crippen molar-refractivity contribution in [2.75, 3.05) is 18.0 Å². The number of nitrogens with zero attached hydrogens (tertiary/aromatic N) is 5. The number of carbonyl (C=O) groups is 1. The van der Waals surface area contributed by atoms with E-state index in [9.17, 15) is 9.18 Å². The molecule has 3 heterocycles. The van der Waals surface area contributed by atoms with Crippen LogP contribution in [0.3, 0.4) is 0 Å². The summed E-state index contributed by atoms with van der Waals surface area (Å²) in [5.41, 5.74) is 2.03. The van der Waals surface area contributed by atoms with Gasteiger partial charge in [-0.25, -0.2) is 4.39 Å². The maximum atomic E-state index is 13.8. The van der Waals surface area contributed by atoms with E-state index in [-0.39, 0.29) is 24.2 Å². The van der Waals surface area contributed by atoms with Crippen molar-refractivity contribution in [2.45, 2.75) is 19.4 Å². The lowest BCUT2D eigenvalue weighted by molar-refractivity contribution is -0.125. The molecule has 0 unspecified atom stereocenters. The van der Waals surface area contributed by atoms with Crippen molar-refractivity contribution in [1.82, 2.24) is 25.1 Å². The van der Waals surface area contributed by atoms with E-state index in [1.165, 1.54) is 6.07 Å². The number of piperidine rings is 1. The number of rotatable bonds is 5. The van der Waals surface area contributed by atoms with Gasteiger partial charge in [-0.1, -0.05) is 29.8 Å². The number of hydrogen-bond donors (Lipinski definition) is 1. The van der Waals surface area contributed by atoms with E-state index in [4.69, 9.17) is 16.7 Å². The first kappa shape index (κ1) is 21.3. The van der Waals surface area contributed by atoms with Gasteiger partial charge in [0.15, 0.2) is 11.5 Å². The fourth-order valence-corrected chi connectivity index (χ4v) is 4.19. The first-order chi connectivity index (χ1) is 16.1. The molecule has 1 saturated heterocycles. The third-order valence-corrected chi connectivity index (χ3v) is 6.20. The molecule has 1 N–H and O–H groups in total. The Morgan fingerprint density at radius 1 is 1.03 bits per heavy atom. The minimum Gasteiger partial charge on any atom is -0.355 e. The van der Waals surface area contributed by atoms with Gasteiger partial charge in [0.25, 0.3) is 0 Å². The van der Waals surface area contributed by atoms with Crippen molar-refractivity contribution < 1.29 is 9.18 Å². The minimum absolute atomic E-state index is 0.0369. The molecule has 7 nitrogen and oxygen atoms in total. The second-order valence-corrected chi connectivity index (χ2v) is 8.50. The minimum atomic E-state index is -0.305. The molecule has 33 heavy (non-hydrogen) atoms. The Labute approximate surface area is 195 Å². The third-order valence-electron chi connectivity index (χ3n) is 5.95. The number of amides is 1. The van der Waals surface area contributed by atoms with Gasteiger partial charge in [0.2, 0.25) is 5.91 Å². The Hall–Kier alpha value is -3.52. The first-order valence-electron chi connectivity index (χ1n) is 10.8. The Kier molecular flexibility index (Phi) is 5.92. The van der Waals surface area contributed by atoms with Crippen molar-refractivity contribution >= 4 is 29.0 Å². The molecule has 2 aromatic carbocycles. The van der Waals surface area contributed by atoms with Crippen molar-refractivity contribution in [2.24, 2.45) is 5.92 Å². The van der Waals surface area contributed by atoms with Crippen LogP contribution in [0.15, 0.2) is 60.7 Å². The zero-order valence-corrected chi connectivity index (χ0v) is 18.5. The zero-order chi connectivity index (χ0) is 22.8. The number of anilines is 1. The van der Waals surface area contributed by atoms with E-state index in [1.807, 2.05) is 36.4 Å². The monoisotopic (exact) mass is 464 g/mol. The van der Waals surface area contributed by atoms with Crippen molar-refractivity contribution in [3.05, 3.63) is 77.1 Å². The molecule has 9 heteroatoms. The molecule has 168 valence electrons. The molecule has 2 aromatic heterocycles. The predicted octanol–water partition coefficient (Wildman–Crippen LogP) is 4.12. The quantitative estimate of drug-likeness (QED) is 0.481. The SMILES string of the molecule is O=C(NCc1ccccc1F)C1CCN(c2ccc3nnc(-c4ccc(Cl)cc4)n3n2)CC1. The van der Waals surface area contributed by atoms with Crippen LogP contribution < -0.4 is 10.2 Å². The van der Waals surface area contributed by atoms with E-state index in [0.717, 1.165) is 11.4 Å². The molecule has 1 amide bonds. The van der Waals surface area contributed by atoms with Gasteiger partial charge in [0.05, 0.1) is 0 Å². The van der Waals surface area contributed by atoms with Crippen molar-refractivity contribution in [3.63, 3.8) is 0 Å². The standard InChI is InChI=1S/C24H22ClFN6O/c25-19-7-5-16(6-8-19)23-29-28-21-9-10-22(30-32(21)23)31-13-11-17(12-14-31)24(33)27-15-18-3-1-2-4-20(18)26/h1-10,17H,11-15H2,(H,27,33). The number of nitrogens with one attached hydrogen (secondary N) is 1. The maximum Gasteiger partial charge on any atom is 0.223 e. The molecule has 0 aliphatic carbocycles. The van der Waals surface area contributed by atoms with Crippen LogP contribution in [0.2, 0.25) is 5.02 Å². The van der Waals surface area contributed by atoms with E-state index in [1.54, 1.807) is 22.7 Å². The average molecular weight is 465 g/mol. The highest BCUT2D eigenvalue weighted by atomic mass is 35.5. The largest absolute Gasteiger partial charge is 0.355 e. The predicted molar refractivity (Wildman–Crippen MR) is 124 cm³/mol. The smallest absolute Gasteiger partial charge is 0.223 e. The highest BCUT2D eigenvalue weighted by Gasteiger charge is 2.26. The summed E-state index contributed by atoms with van der Waals surface area (Å²) in [6, 6.07) is 17.7. The van der Waals surface area contributed by atoms with Crippen molar-refractivity contribution in [3.8, 4) is 11.4 Å². The van der Waals surface area contributed by atoms with Crippen LogP contribution in [0, 0.1) is 11.7 Å².